The lowest BCUT2D eigenvalue weighted by Crippen LogP contribution is -2.66. The average Bonchev–Trinajstić information content (AvgIpc) is 3.16. The van der Waals surface area contributed by atoms with Gasteiger partial charge in [-0.3, -0.25) is 4.79 Å². The lowest BCUT2D eigenvalue weighted by molar-refractivity contribution is -0.244. The van der Waals surface area contributed by atoms with Gasteiger partial charge in [-0.25, -0.2) is 0 Å². The van der Waals surface area contributed by atoms with Crippen LogP contribution >= 0.6 is 11.6 Å². The second-order valence-corrected chi connectivity index (χ2v) is 15.5. The van der Waals surface area contributed by atoms with E-state index in [2.05, 4.69) is 41.2 Å². The highest BCUT2D eigenvalue weighted by Crippen LogP contribution is 2.75. The fourth-order valence-electron chi connectivity index (χ4n) is 10.4. The van der Waals surface area contributed by atoms with Crippen molar-refractivity contribution in [2.75, 3.05) is 5.88 Å². The highest BCUT2D eigenvalue weighted by molar-refractivity contribution is 6.26. The molecule has 0 aromatic rings. The van der Waals surface area contributed by atoms with Gasteiger partial charge in [-0.15, -0.1) is 11.6 Å². The molecule has 37 heavy (non-hydrogen) atoms. The van der Waals surface area contributed by atoms with Crippen molar-refractivity contribution in [2.45, 2.75) is 130 Å². The third-order valence-corrected chi connectivity index (χ3v) is 12.8. The molecule has 0 aliphatic heterocycles. The van der Waals surface area contributed by atoms with Crippen molar-refractivity contribution in [2.24, 2.45) is 45.3 Å². The molecule has 2 N–H and O–H groups in total. The van der Waals surface area contributed by atoms with Gasteiger partial charge >= 0.3 is 5.97 Å². The minimum absolute atomic E-state index is 0.0468. The highest BCUT2D eigenvalue weighted by atomic mass is 35.5. The summed E-state index contributed by atoms with van der Waals surface area (Å²) in [6.07, 6.45) is 9.47. The summed E-state index contributed by atoms with van der Waals surface area (Å²) >= 11 is 5.97. The fourth-order valence-corrected chi connectivity index (χ4v) is 10.5. The molecule has 5 heteroatoms. The van der Waals surface area contributed by atoms with Gasteiger partial charge in [0.25, 0.3) is 0 Å². The van der Waals surface area contributed by atoms with Crippen LogP contribution in [-0.2, 0) is 9.53 Å². The molecule has 0 saturated heterocycles. The second kappa shape index (κ2) is 9.81. The van der Waals surface area contributed by atoms with Crippen LogP contribution in [0.3, 0.4) is 0 Å². The number of alkyl halides is 1. The number of ether oxygens (including phenoxy) is 1. The van der Waals surface area contributed by atoms with Gasteiger partial charge in [0.05, 0.1) is 11.7 Å². The molecule has 0 aromatic heterocycles. The van der Waals surface area contributed by atoms with Crippen LogP contribution in [0, 0.1) is 45.3 Å². The Labute approximate surface area is 231 Å². The van der Waals surface area contributed by atoms with E-state index in [4.69, 9.17) is 16.3 Å². The number of hydrogen-bond donors (Lipinski definition) is 2. The van der Waals surface area contributed by atoms with Gasteiger partial charge in [0.15, 0.2) is 0 Å². The van der Waals surface area contributed by atoms with Crippen molar-refractivity contribution in [3.8, 4) is 0 Å². The summed E-state index contributed by atoms with van der Waals surface area (Å²) < 4.78 is 6.25. The lowest BCUT2D eigenvalue weighted by atomic mass is 9.35. The number of esters is 1. The summed E-state index contributed by atoms with van der Waals surface area (Å²) in [4.78, 5) is 12.6. The number of allylic oxidation sites excluding steroid dienone is 1. The Kier molecular flexibility index (Phi) is 7.79. The molecule has 4 rings (SSSR count). The molecular weight excluding hydrogens is 484 g/mol. The Morgan fingerprint density at radius 1 is 1.03 bits per heavy atom. The van der Waals surface area contributed by atoms with Gasteiger partial charge < -0.3 is 14.9 Å². The van der Waals surface area contributed by atoms with Gasteiger partial charge in [-0.1, -0.05) is 46.8 Å². The maximum absolute atomic E-state index is 12.6. The first-order valence-corrected chi connectivity index (χ1v) is 15.4. The summed E-state index contributed by atoms with van der Waals surface area (Å²) in [6, 6.07) is 0. The first-order chi connectivity index (χ1) is 17.0. The zero-order valence-electron chi connectivity index (χ0n) is 24.5. The quantitative estimate of drug-likeness (QED) is 0.203. The van der Waals surface area contributed by atoms with Gasteiger partial charge in [0, 0.05) is 5.92 Å². The first-order valence-electron chi connectivity index (χ1n) is 14.8. The van der Waals surface area contributed by atoms with Crippen molar-refractivity contribution in [3.63, 3.8) is 0 Å². The number of halogens is 1. The molecule has 9 atom stereocenters. The van der Waals surface area contributed by atoms with E-state index in [9.17, 15) is 15.0 Å². The third-order valence-electron chi connectivity index (χ3n) is 12.5. The van der Waals surface area contributed by atoms with Gasteiger partial charge in [-0.05, 0) is 117 Å². The molecule has 0 radical (unpaired) electrons. The third kappa shape index (κ3) is 4.73. The predicted molar refractivity (Wildman–Crippen MR) is 150 cm³/mol. The Bertz CT molecular complexity index is 892. The lowest BCUT2D eigenvalue weighted by Gasteiger charge is -2.70. The normalized spacial score (nSPS) is 44.9. The van der Waals surface area contributed by atoms with Crippen molar-refractivity contribution in [1.82, 2.24) is 0 Å². The van der Waals surface area contributed by atoms with E-state index < -0.39 is 5.60 Å². The van der Waals surface area contributed by atoms with E-state index in [0.29, 0.717) is 17.8 Å². The second-order valence-electron chi connectivity index (χ2n) is 15.3. The molecule has 0 spiro atoms. The van der Waals surface area contributed by atoms with Crippen LogP contribution in [0.25, 0.3) is 0 Å². The van der Waals surface area contributed by atoms with Crippen molar-refractivity contribution in [1.29, 1.82) is 0 Å². The topological polar surface area (TPSA) is 66.8 Å². The van der Waals surface area contributed by atoms with Crippen LogP contribution in [0.1, 0.15) is 113 Å². The molecular formula is C32H53ClO4. The van der Waals surface area contributed by atoms with Crippen LogP contribution < -0.4 is 0 Å². The number of hydrogen-bond acceptors (Lipinski definition) is 4. The molecule has 0 heterocycles. The van der Waals surface area contributed by atoms with Crippen LogP contribution in [0.15, 0.2) is 12.2 Å². The maximum atomic E-state index is 12.6. The van der Waals surface area contributed by atoms with Crippen molar-refractivity contribution >= 4 is 17.6 Å². The van der Waals surface area contributed by atoms with E-state index in [0.717, 1.165) is 64.2 Å². The summed E-state index contributed by atoms with van der Waals surface area (Å²) in [7, 11) is 0. The number of carbonyl (C=O) groups excluding carboxylic acids is 1. The smallest absolute Gasteiger partial charge is 0.321 e. The first kappa shape index (κ1) is 29.4. The fraction of sp³-hybridized carbons (Fsp3) is 0.906. The van der Waals surface area contributed by atoms with Gasteiger partial charge in [-0.2, -0.15) is 0 Å². The van der Waals surface area contributed by atoms with E-state index in [-0.39, 0.29) is 51.6 Å². The SMILES string of the molecule is C=C(CCCC(C)(C)O)[C@H]1CC[C@]2(C)[C@@H]1[C@H](OC(=O)CCl)C[C@@H]1[C@@]3(C)CC[C@H](O)C(C)(C)[C@@H]3CC[C@]12C. The van der Waals surface area contributed by atoms with E-state index in [1.54, 1.807) is 0 Å². The largest absolute Gasteiger partial charge is 0.461 e. The van der Waals surface area contributed by atoms with Gasteiger partial charge in [0.2, 0.25) is 0 Å². The number of carbonyl (C=O) groups is 1. The molecule has 4 aliphatic carbocycles. The number of fused-ring (bicyclic) bond motifs is 5. The van der Waals surface area contributed by atoms with Crippen LogP contribution in [0.5, 0.6) is 0 Å². The molecule has 4 nitrogen and oxygen atoms in total. The molecule has 4 fully saturated rings. The number of rotatable bonds is 7. The van der Waals surface area contributed by atoms with E-state index >= 15 is 0 Å². The Morgan fingerprint density at radius 2 is 1.68 bits per heavy atom. The molecule has 212 valence electrons. The maximum Gasteiger partial charge on any atom is 0.321 e. The number of aliphatic hydroxyl groups is 2. The minimum atomic E-state index is -0.663. The minimum Gasteiger partial charge on any atom is -0.461 e. The van der Waals surface area contributed by atoms with Gasteiger partial charge in [0.1, 0.15) is 12.0 Å². The Morgan fingerprint density at radius 3 is 2.30 bits per heavy atom. The van der Waals surface area contributed by atoms with Crippen LogP contribution in [0.2, 0.25) is 0 Å². The number of aliphatic hydroxyl groups excluding tert-OH is 1. The summed E-state index contributed by atoms with van der Waals surface area (Å²) in [5.74, 6) is 1.04. The highest BCUT2D eigenvalue weighted by Gasteiger charge is 2.71. The summed E-state index contributed by atoms with van der Waals surface area (Å²) in [6.45, 7) is 20.4. The van der Waals surface area contributed by atoms with E-state index in [1.165, 1.54) is 5.57 Å². The molecule has 4 saturated carbocycles. The average molecular weight is 537 g/mol. The van der Waals surface area contributed by atoms with Crippen LogP contribution in [0.4, 0.5) is 0 Å². The zero-order valence-corrected chi connectivity index (χ0v) is 25.3. The monoisotopic (exact) mass is 536 g/mol. The Balaban J connectivity index is 1.69. The molecule has 0 aromatic carbocycles. The Hall–Kier alpha value is -0.580. The van der Waals surface area contributed by atoms with Crippen LogP contribution in [-0.4, -0.2) is 39.9 Å². The molecule has 0 amide bonds. The standard InChI is InChI=1S/C32H53ClO4/c1-20(10-9-14-28(2,3)36)21-11-16-32(8)27(21)22(37-26(35)19-33)18-24-30(6)15-13-25(34)29(4,5)23(30)12-17-31(24,32)7/h21-25,27,34,36H,1,9-19H2,2-8H3/t21-,22-,23+,24-,25+,27+,30+,31-,32-/m1/s1. The summed E-state index contributed by atoms with van der Waals surface area (Å²) in [5, 5.41) is 21.2. The van der Waals surface area contributed by atoms with E-state index in [1.807, 2.05) is 13.8 Å². The van der Waals surface area contributed by atoms with Crippen molar-refractivity contribution in [3.05, 3.63) is 12.2 Å². The zero-order chi connectivity index (χ0) is 27.6. The predicted octanol–water partition coefficient (Wildman–Crippen LogP) is 7.29. The molecule has 4 aliphatic rings. The summed E-state index contributed by atoms with van der Waals surface area (Å²) in [5.41, 5.74) is 0.787. The van der Waals surface area contributed by atoms with Crippen molar-refractivity contribution < 1.29 is 19.7 Å². The molecule has 0 unspecified atom stereocenters. The molecule has 0 bridgehead atoms.